The molecule has 6 rings (SSSR count). The highest BCUT2D eigenvalue weighted by Crippen LogP contribution is 2.43. The van der Waals surface area contributed by atoms with Crippen molar-refractivity contribution in [3.63, 3.8) is 0 Å². The van der Waals surface area contributed by atoms with Crippen LogP contribution in [0.5, 0.6) is 5.75 Å². The minimum atomic E-state index is -0.496. The molecule has 10 heteroatoms. The van der Waals surface area contributed by atoms with Gasteiger partial charge in [-0.2, -0.15) is 0 Å². The second-order valence-electron chi connectivity index (χ2n) is 13.3. The Hall–Kier alpha value is -3.53. The summed E-state index contributed by atoms with van der Waals surface area (Å²) in [5.74, 6) is 1.13. The monoisotopic (exact) mass is 620 g/mol. The van der Waals surface area contributed by atoms with Crippen LogP contribution in [0.15, 0.2) is 52.2 Å². The van der Waals surface area contributed by atoms with E-state index in [1.165, 1.54) is 30.1 Å². The van der Waals surface area contributed by atoms with E-state index >= 15 is 0 Å². The molecule has 1 aliphatic carbocycles. The molecule has 4 saturated heterocycles. The van der Waals surface area contributed by atoms with Crippen molar-refractivity contribution in [1.29, 1.82) is 0 Å². The lowest BCUT2D eigenvalue weighted by Crippen LogP contribution is -2.65. The smallest absolute Gasteiger partial charge is 0.257 e. The predicted octanol–water partition coefficient (Wildman–Crippen LogP) is 5.05. The largest absolute Gasteiger partial charge is 0.453 e. The van der Waals surface area contributed by atoms with E-state index in [-0.39, 0.29) is 46.5 Å². The number of ether oxygens (including phenoxy) is 1. The van der Waals surface area contributed by atoms with Gasteiger partial charge < -0.3 is 24.8 Å². The van der Waals surface area contributed by atoms with E-state index in [4.69, 9.17) is 4.74 Å². The van der Waals surface area contributed by atoms with Crippen molar-refractivity contribution in [2.75, 3.05) is 39.8 Å². The zero-order chi connectivity index (χ0) is 32.3. The zero-order valence-electron chi connectivity index (χ0n) is 27.5. The van der Waals surface area contributed by atoms with Crippen LogP contribution in [0.3, 0.4) is 0 Å². The summed E-state index contributed by atoms with van der Waals surface area (Å²) < 4.78 is 20.8. The second kappa shape index (κ2) is 13.8. The molecule has 1 aromatic rings. The van der Waals surface area contributed by atoms with E-state index in [1.54, 1.807) is 11.9 Å². The van der Waals surface area contributed by atoms with Gasteiger partial charge in [0.05, 0.1) is 11.6 Å². The van der Waals surface area contributed by atoms with Crippen molar-refractivity contribution >= 4 is 24.0 Å². The molecule has 1 spiro atoms. The summed E-state index contributed by atoms with van der Waals surface area (Å²) >= 11 is 0. The molecular formula is C35H49FN6O3. The highest BCUT2D eigenvalue weighted by Gasteiger charge is 2.49. The maximum atomic E-state index is 14.4. The Kier molecular flexibility index (Phi) is 10.1. The van der Waals surface area contributed by atoms with Crippen molar-refractivity contribution < 1.29 is 18.7 Å². The number of fused-ring (bicyclic) bond motifs is 3. The lowest BCUT2D eigenvalue weighted by Gasteiger charge is -2.55. The van der Waals surface area contributed by atoms with Gasteiger partial charge in [0.15, 0.2) is 11.6 Å². The average molecular weight is 621 g/mol. The number of hydrogen-bond donors (Lipinski definition) is 1. The third kappa shape index (κ3) is 6.86. The van der Waals surface area contributed by atoms with Crippen molar-refractivity contribution in [1.82, 2.24) is 20.0 Å². The summed E-state index contributed by atoms with van der Waals surface area (Å²) in [7, 11) is 1.67. The summed E-state index contributed by atoms with van der Waals surface area (Å²) in [5.41, 5.74) is 1.50. The number of piperidine rings is 3. The first kappa shape index (κ1) is 32.9. The molecule has 0 radical (unpaired) electrons. The van der Waals surface area contributed by atoms with Crippen LogP contribution < -0.4 is 10.1 Å². The van der Waals surface area contributed by atoms with Gasteiger partial charge in [-0.3, -0.25) is 14.6 Å². The number of likely N-dealkylation sites (tertiary alicyclic amines) is 2. The van der Waals surface area contributed by atoms with Gasteiger partial charge in [-0.1, -0.05) is 19.1 Å². The molecule has 3 unspecified atom stereocenters. The number of halogens is 1. The van der Waals surface area contributed by atoms with Crippen LogP contribution in [0.4, 0.5) is 4.39 Å². The highest BCUT2D eigenvalue weighted by atomic mass is 19.1. The minimum absolute atomic E-state index is 0.0466. The van der Waals surface area contributed by atoms with Crippen molar-refractivity contribution in [3.05, 3.63) is 53.6 Å². The topological polar surface area (TPSA) is 89.8 Å². The molecule has 1 N–H and O–H groups in total. The number of aliphatic imine (C=N–C) groups is 2. The number of benzene rings is 1. The Bertz CT molecular complexity index is 1370. The van der Waals surface area contributed by atoms with Gasteiger partial charge in [0.25, 0.3) is 5.91 Å². The maximum absolute atomic E-state index is 14.4. The fourth-order valence-corrected chi connectivity index (χ4v) is 7.49. The van der Waals surface area contributed by atoms with Crippen molar-refractivity contribution in [2.24, 2.45) is 21.3 Å². The first-order valence-corrected chi connectivity index (χ1v) is 16.5. The molecule has 3 atom stereocenters. The van der Waals surface area contributed by atoms with Crippen LogP contribution in [-0.4, -0.2) is 96.6 Å². The summed E-state index contributed by atoms with van der Waals surface area (Å²) in [5, 5.41) is 3.59. The van der Waals surface area contributed by atoms with E-state index in [1.807, 2.05) is 38.7 Å². The molecule has 4 aliphatic heterocycles. The number of amides is 2. The normalized spacial score (nSPS) is 24.9. The summed E-state index contributed by atoms with van der Waals surface area (Å²) in [6.07, 6.45) is 9.15. The highest BCUT2D eigenvalue weighted by molar-refractivity contribution is 6.02. The lowest BCUT2D eigenvalue weighted by molar-refractivity contribution is -0.140. The fraction of sp³-hybridized carbons (Fsp3) is 0.600. The van der Waals surface area contributed by atoms with E-state index in [0.717, 1.165) is 58.3 Å². The van der Waals surface area contributed by atoms with Gasteiger partial charge >= 0.3 is 0 Å². The fourth-order valence-electron chi connectivity index (χ4n) is 7.49. The molecule has 244 valence electrons. The quantitative estimate of drug-likeness (QED) is 0.181. The van der Waals surface area contributed by atoms with E-state index < -0.39 is 5.82 Å². The molecule has 2 amide bonds. The molecule has 1 saturated carbocycles. The van der Waals surface area contributed by atoms with Crippen LogP contribution in [0.25, 0.3) is 0 Å². The van der Waals surface area contributed by atoms with Gasteiger partial charge in [0, 0.05) is 63.2 Å². The molecule has 5 fully saturated rings. The van der Waals surface area contributed by atoms with Gasteiger partial charge in [-0.05, 0) is 83.6 Å². The summed E-state index contributed by atoms with van der Waals surface area (Å²) in [6, 6.07) is 4.27. The van der Waals surface area contributed by atoms with E-state index in [2.05, 4.69) is 26.8 Å². The number of amidine groups is 1. The van der Waals surface area contributed by atoms with Gasteiger partial charge in [-0.25, -0.2) is 9.38 Å². The molecule has 0 aromatic heterocycles. The van der Waals surface area contributed by atoms with Gasteiger partial charge in [-0.15, -0.1) is 0 Å². The van der Waals surface area contributed by atoms with Crippen LogP contribution >= 0.6 is 0 Å². The molecule has 1 aromatic carbocycles. The van der Waals surface area contributed by atoms with E-state index in [9.17, 15) is 14.0 Å². The van der Waals surface area contributed by atoms with Gasteiger partial charge in [0.2, 0.25) is 5.91 Å². The molecule has 5 aliphatic rings. The number of hydrogen-bond acceptors (Lipinski definition) is 5. The third-order valence-corrected chi connectivity index (χ3v) is 9.95. The van der Waals surface area contributed by atoms with Crippen LogP contribution in [0, 0.1) is 17.2 Å². The Morgan fingerprint density at radius 1 is 1.20 bits per heavy atom. The maximum Gasteiger partial charge on any atom is 0.257 e. The lowest BCUT2D eigenvalue weighted by atomic mass is 9.70. The Morgan fingerprint density at radius 3 is 2.53 bits per heavy atom. The molecule has 2 bridgehead atoms. The SMILES string of the molecule is C=C1CC2CCC1C(C(=O)N1CCC3(CC1)CN(C(=NC=NC)/C(=C/CC)Oc1ccc(F)cc1C(=O)N(CC)C(C)C)C3)N2. The Labute approximate surface area is 267 Å². The van der Waals surface area contributed by atoms with Crippen LogP contribution in [0.2, 0.25) is 0 Å². The first-order valence-electron chi connectivity index (χ1n) is 16.5. The summed E-state index contributed by atoms with van der Waals surface area (Å²) in [6.45, 7) is 15.6. The molecular weight excluding hydrogens is 571 g/mol. The number of carbonyl (C=O) groups is 2. The van der Waals surface area contributed by atoms with Crippen molar-refractivity contribution in [3.8, 4) is 5.75 Å². The van der Waals surface area contributed by atoms with Gasteiger partial charge in [0.1, 0.15) is 17.9 Å². The van der Waals surface area contributed by atoms with Crippen LogP contribution in [-0.2, 0) is 4.79 Å². The molecule has 4 heterocycles. The standard InChI is InChI=1S/C35H49FN6O3/c1-7-9-30(45-29-13-10-25(36)19-28(29)33(43)42(8-2)23(3)4)32(38-22-37-6)41-20-35(21-41)14-16-40(17-15-35)34(44)31-27-12-11-26(39-31)18-24(27)5/h9-10,13,19,22-23,26-27,31,39H,5,7-8,11-12,14-18,20-21H2,1-4,6H3/b30-9-,37-22?,38-32?. The molecule has 9 nitrogen and oxygen atoms in total. The summed E-state index contributed by atoms with van der Waals surface area (Å²) in [4.78, 5) is 41.7. The average Bonchev–Trinajstić information content (AvgIpc) is 3.01. The zero-order valence-corrected chi connectivity index (χ0v) is 27.5. The minimum Gasteiger partial charge on any atom is -0.453 e. The Balaban J connectivity index is 1.28. The van der Waals surface area contributed by atoms with Crippen LogP contribution in [0.1, 0.15) is 76.6 Å². The number of carbonyl (C=O) groups excluding carboxylic acids is 2. The second-order valence-corrected chi connectivity index (χ2v) is 13.3. The first-order chi connectivity index (χ1) is 21.6. The Morgan fingerprint density at radius 2 is 1.93 bits per heavy atom. The molecule has 45 heavy (non-hydrogen) atoms. The number of rotatable bonds is 9. The predicted molar refractivity (Wildman–Crippen MR) is 176 cm³/mol. The number of nitrogens with zero attached hydrogens (tertiary/aromatic N) is 5. The number of nitrogens with one attached hydrogen (secondary N) is 1. The van der Waals surface area contributed by atoms with Crippen molar-refractivity contribution in [2.45, 2.75) is 84.3 Å². The van der Waals surface area contributed by atoms with E-state index in [0.29, 0.717) is 30.6 Å². The third-order valence-electron chi connectivity index (χ3n) is 9.95. The number of allylic oxidation sites excluding steroid dienone is 1.